The Morgan fingerprint density at radius 1 is 1.41 bits per heavy atom. The molecule has 0 bridgehead atoms. The molecule has 1 aliphatic rings. The molecule has 34 heavy (non-hydrogen) atoms. The van der Waals surface area contributed by atoms with Crippen molar-refractivity contribution in [1.82, 2.24) is 29.5 Å². The summed E-state index contributed by atoms with van der Waals surface area (Å²) >= 11 is -1.88. The monoisotopic (exact) mass is 484 g/mol. The Hall–Kier alpha value is -3.44. The van der Waals surface area contributed by atoms with Crippen LogP contribution in [0.2, 0.25) is 0 Å². The third kappa shape index (κ3) is 5.91. The van der Waals surface area contributed by atoms with Crippen molar-refractivity contribution >= 4 is 22.9 Å². The molecule has 3 heterocycles. The van der Waals surface area contributed by atoms with Crippen LogP contribution in [0.3, 0.4) is 0 Å². The Labute approximate surface area is 198 Å². The number of carbonyl (C=O) groups is 1. The first kappa shape index (κ1) is 23.7. The Kier molecular flexibility index (Phi) is 7.43. The lowest BCUT2D eigenvalue weighted by Gasteiger charge is -2.15. The molecule has 1 saturated carbocycles. The number of aliphatic hydroxyl groups excluding tert-OH is 1. The molecular formula is C21H24N8O4S. The van der Waals surface area contributed by atoms with Gasteiger partial charge in [-0.1, -0.05) is 11.8 Å². The van der Waals surface area contributed by atoms with E-state index in [9.17, 15) is 14.1 Å². The van der Waals surface area contributed by atoms with E-state index in [-0.39, 0.29) is 35.6 Å². The zero-order chi connectivity index (χ0) is 24.1. The lowest BCUT2D eigenvalue weighted by atomic mass is 10.1. The van der Waals surface area contributed by atoms with E-state index < -0.39 is 17.4 Å². The van der Waals surface area contributed by atoms with Crippen LogP contribution in [0.5, 0.6) is 0 Å². The van der Waals surface area contributed by atoms with Gasteiger partial charge in [0.25, 0.3) is 0 Å². The predicted molar refractivity (Wildman–Crippen MR) is 122 cm³/mol. The average Bonchev–Trinajstić information content (AvgIpc) is 3.53. The number of rotatable bonds is 8. The summed E-state index contributed by atoms with van der Waals surface area (Å²) in [6.07, 6.45) is 8.26. The number of nitrogens with zero attached hydrogens (tertiary/aromatic N) is 6. The van der Waals surface area contributed by atoms with E-state index in [0.717, 1.165) is 5.56 Å². The van der Waals surface area contributed by atoms with Gasteiger partial charge in [0.1, 0.15) is 24.4 Å². The molecule has 4 rings (SSSR count). The minimum atomic E-state index is -1.88. The highest BCUT2D eigenvalue weighted by Crippen LogP contribution is 2.29. The van der Waals surface area contributed by atoms with Crippen molar-refractivity contribution in [3.63, 3.8) is 0 Å². The molecule has 1 fully saturated rings. The fourth-order valence-electron chi connectivity index (χ4n) is 3.78. The first-order chi connectivity index (χ1) is 16.4. The molecule has 1 unspecified atom stereocenters. The van der Waals surface area contributed by atoms with Gasteiger partial charge in [-0.25, -0.2) is 19.3 Å². The second kappa shape index (κ2) is 10.7. The number of aryl methyl sites for hydroxylation is 1. The summed E-state index contributed by atoms with van der Waals surface area (Å²) in [6, 6.07) is 1.46. The number of hydrogen-bond donors (Lipinski definition) is 3. The van der Waals surface area contributed by atoms with E-state index in [1.165, 1.54) is 12.5 Å². The molecule has 178 valence electrons. The number of hydrogen-bond acceptors (Lipinski definition) is 9. The van der Waals surface area contributed by atoms with E-state index in [4.69, 9.17) is 9.32 Å². The highest BCUT2D eigenvalue weighted by atomic mass is 32.2. The van der Waals surface area contributed by atoms with E-state index in [1.807, 2.05) is 13.2 Å². The molecule has 3 aromatic rings. The van der Waals surface area contributed by atoms with Gasteiger partial charge in [-0.3, -0.25) is 18.3 Å². The van der Waals surface area contributed by atoms with Gasteiger partial charge in [-0.15, -0.1) is 0 Å². The molecule has 4 N–H and O–H groups in total. The number of anilines is 1. The number of nitrogens with two attached hydrogens (primary N) is 1. The summed E-state index contributed by atoms with van der Waals surface area (Å²) in [5.74, 6) is 5.78. The summed E-state index contributed by atoms with van der Waals surface area (Å²) in [4.78, 5) is 21.3. The molecule has 12 nitrogen and oxygen atoms in total. The van der Waals surface area contributed by atoms with Crippen molar-refractivity contribution in [3.05, 3.63) is 54.0 Å². The summed E-state index contributed by atoms with van der Waals surface area (Å²) < 4.78 is 19.1. The maximum absolute atomic E-state index is 13.1. The Morgan fingerprint density at radius 3 is 3.03 bits per heavy atom. The average molecular weight is 485 g/mol. The van der Waals surface area contributed by atoms with E-state index in [1.54, 1.807) is 27.8 Å². The molecule has 4 atom stereocenters. The molecule has 0 spiro atoms. The predicted octanol–water partition coefficient (Wildman–Crippen LogP) is -0.205. The maximum atomic E-state index is 13.1. The van der Waals surface area contributed by atoms with Crippen molar-refractivity contribution in [2.75, 3.05) is 11.9 Å². The lowest BCUT2D eigenvalue weighted by molar-refractivity contribution is 0.102. The highest BCUT2D eigenvalue weighted by Gasteiger charge is 2.34. The molecular weight excluding hydrogens is 460 g/mol. The summed E-state index contributed by atoms with van der Waals surface area (Å²) in [5.41, 5.74) is 1.31. The second-order valence-electron chi connectivity index (χ2n) is 7.90. The van der Waals surface area contributed by atoms with E-state index >= 15 is 0 Å². The molecule has 0 radical (unpaired) electrons. The summed E-state index contributed by atoms with van der Waals surface area (Å²) in [5, 5.41) is 27.0. The molecule has 0 saturated heterocycles. The number of carbonyl (C=O) groups excluding carboxylic acids is 1. The van der Waals surface area contributed by atoms with Gasteiger partial charge in [0.15, 0.2) is 0 Å². The first-order valence-electron chi connectivity index (χ1n) is 10.5. The largest absolute Gasteiger partial charge is 0.393 e. The highest BCUT2D eigenvalue weighted by molar-refractivity contribution is 7.77. The van der Waals surface area contributed by atoms with Crippen LogP contribution in [0.4, 0.5) is 5.82 Å². The summed E-state index contributed by atoms with van der Waals surface area (Å²) in [7, 11) is 1.82. The Bertz CT molecular complexity index is 1250. The number of aromatic nitrogens is 6. The van der Waals surface area contributed by atoms with Gasteiger partial charge in [-0.05, 0) is 18.9 Å². The topological polar surface area (TPSA) is 163 Å². The minimum Gasteiger partial charge on any atom is -0.393 e. The van der Waals surface area contributed by atoms with Crippen molar-refractivity contribution < 1.29 is 18.3 Å². The van der Waals surface area contributed by atoms with Crippen molar-refractivity contribution in [2.45, 2.75) is 31.5 Å². The molecule has 13 heteroatoms. The quantitative estimate of drug-likeness (QED) is 0.290. The zero-order valence-corrected chi connectivity index (χ0v) is 19.2. The summed E-state index contributed by atoms with van der Waals surface area (Å²) in [6.45, 7) is 0.398. The van der Waals surface area contributed by atoms with Gasteiger partial charge >= 0.3 is 0 Å². The van der Waals surface area contributed by atoms with Gasteiger partial charge in [-0.2, -0.15) is 10.2 Å². The standard InChI is InChI=1S/C21H24N8O4S/c1-28-11-14(9-25-28)3-2-5-29-6-4-18(27-29)20(31)17-10-23-13-24-21(17)26-16-7-15(19(30)8-16)12-33-34(22)32/h4,6,9-11,13,15-16,19,30H,5,7-8,12,22H2,1H3,(H,23,24,26)/t15-,16-,19+,34?/m1/s1. The van der Waals surface area contributed by atoms with E-state index in [0.29, 0.717) is 25.2 Å². The Balaban J connectivity index is 1.41. The third-order valence-corrected chi connectivity index (χ3v) is 5.77. The molecule has 0 aromatic carbocycles. The zero-order valence-electron chi connectivity index (χ0n) is 18.4. The van der Waals surface area contributed by atoms with Crippen LogP contribution in [-0.2, 0) is 29.0 Å². The lowest BCUT2D eigenvalue weighted by Crippen LogP contribution is -2.21. The molecule has 0 amide bonds. The fraction of sp³-hybridized carbons (Fsp3) is 0.381. The Morgan fingerprint density at radius 2 is 2.26 bits per heavy atom. The van der Waals surface area contributed by atoms with Crippen molar-refractivity contribution in [3.8, 4) is 11.8 Å². The van der Waals surface area contributed by atoms with Gasteiger partial charge in [0.2, 0.25) is 17.0 Å². The molecule has 0 aliphatic heterocycles. The fourth-order valence-corrected chi connectivity index (χ4v) is 4.08. The normalized spacial score (nSPS) is 20.5. The third-order valence-electron chi connectivity index (χ3n) is 5.41. The van der Waals surface area contributed by atoms with Crippen molar-refractivity contribution in [1.29, 1.82) is 0 Å². The van der Waals surface area contributed by atoms with Gasteiger partial charge in [0, 0.05) is 37.6 Å². The van der Waals surface area contributed by atoms with E-state index in [2.05, 4.69) is 37.3 Å². The van der Waals surface area contributed by atoms with Crippen molar-refractivity contribution in [2.24, 2.45) is 18.1 Å². The maximum Gasteiger partial charge on any atom is 0.231 e. The smallest absolute Gasteiger partial charge is 0.231 e. The van der Waals surface area contributed by atoms with Crippen LogP contribution in [0, 0.1) is 17.8 Å². The first-order valence-corrected chi connectivity index (χ1v) is 11.6. The minimum absolute atomic E-state index is 0.0825. The molecule has 3 aromatic heterocycles. The van der Waals surface area contributed by atoms with Crippen LogP contribution in [-0.4, -0.2) is 63.4 Å². The number of nitrogens with one attached hydrogen (secondary N) is 1. The van der Waals surface area contributed by atoms with Crippen LogP contribution in [0.25, 0.3) is 0 Å². The van der Waals surface area contributed by atoms with Gasteiger partial charge < -0.3 is 10.4 Å². The van der Waals surface area contributed by atoms with Crippen LogP contribution < -0.4 is 10.5 Å². The molecule has 1 aliphatic carbocycles. The van der Waals surface area contributed by atoms with Crippen LogP contribution in [0.15, 0.2) is 37.2 Å². The number of ketones is 1. The van der Waals surface area contributed by atoms with Gasteiger partial charge in [0.05, 0.1) is 30.0 Å². The van der Waals surface area contributed by atoms with Crippen LogP contribution >= 0.6 is 0 Å². The second-order valence-corrected chi connectivity index (χ2v) is 8.66. The SMILES string of the molecule is Cn1cc(C#CCn2ccc(C(=O)c3cncnc3N[C@@H]3C[C@H](COS(N)=O)[C@@H](O)C3)n2)cn1. The van der Waals surface area contributed by atoms with Crippen LogP contribution in [0.1, 0.15) is 34.5 Å². The number of aliphatic hydroxyl groups is 1.